The maximum Gasteiger partial charge on any atom is 0.181 e. The molecule has 0 saturated carbocycles. The number of anilines is 1. The zero-order valence-corrected chi connectivity index (χ0v) is 20.3. The second-order valence-electron chi connectivity index (χ2n) is 9.52. The highest BCUT2D eigenvalue weighted by atomic mass is 32.2. The van der Waals surface area contributed by atoms with Gasteiger partial charge < -0.3 is 9.64 Å². The molecule has 180 valence electrons. The van der Waals surface area contributed by atoms with Gasteiger partial charge in [0.05, 0.1) is 24.2 Å². The lowest BCUT2D eigenvalue weighted by Gasteiger charge is -2.42. The van der Waals surface area contributed by atoms with Crippen LogP contribution in [0.3, 0.4) is 0 Å². The van der Waals surface area contributed by atoms with E-state index in [4.69, 9.17) is 4.74 Å². The van der Waals surface area contributed by atoms with Crippen molar-refractivity contribution in [1.82, 2.24) is 9.78 Å². The number of hydrogen-bond donors (Lipinski definition) is 0. The van der Waals surface area contributed by atoms with Crippen LogP contribution in [0, 0.1) is 17.7 Å². The summed E-state index contributed by atoms with van der Waals surface area (Å²) in [6, 6.07) is 13.8. The van der Waals surface area contributed by atoms with E-state index in [0.29, 0.717) is 37.1 Å². The van der Waals surface area contributed by atoms with Gasteiger partial charge in [-0.3, -0.25) is 4.68 Å². The number of aryl methyl sites for hydroxylation is 1. The van der Waals surface area contributed by atoms with Crippen LogP contribution >= 0.6 is 0 Å². The van der Waals surface area contributed by atoms with Crippen LogP contribution in [-0.4, -0.2) is 43.6 Å². The molecule has 6 nitrogen and oxygen atoms in total. The summed E-state index contributed by atoms with van der Waals surface area (Å²) in [6.45, 7) is 3.79. The highest BCUT2D eigenvalue weighted by Crippen LogP contribution is 2.44. The predicted octanol–water partition coefficient (Wildman–Crippen LogP) is 4.21. The third kappa shape index (κ3) is 4.43. The van der Waals surface area contributed by atoms with Gasteiger partial charge in [-0.25, -0.2) is 12.8 Å². The van der Waals surface area contributed by atoms with E-state index in [1.165, 1.54) is 28.7 Å². The minimum Gasteiger partial charge on any atom is -0.493 e. The smallest absolute Gasteiger partial charge is 0.181 e. The molecule has 2 aromatic carbocycles. The topological polar surface area (TPSA) is 64.4 Å². The summed E-state index contributed by atoms with van der Waals surface area (Å²) in [7, 11) is -1.71. The van der Waals surface area contributed by atoms with Crippen LogP contribution < -0.4 is 9.64 Å². The number of fused-ring (bicyclic) bond motifs is 1. The van der Waals surface area contributed by atoms with Crippen molar-refractivity contribution in [3.8, 4) is 5.75 Å². The molecule has 2 aliphatic rings. The van der Waals surface area contributed by atoms with Gasteiger partial charge in [0.15, 0.2) is 9.84 Å². The number of halogens is 1. The van der Waals surface area contributed by atoms with Crippen LogP contribution in [0.4, 0.5) is 10.1 Å². The second kappa shape index (κ2) is 9.06. The fraction of sp³-hybridized carbons (Fsp3) is 0.423. The van der Waals surface area contributed by atoms with Crippen molar-refractivity contribution in [3.63, 3.8) is 0 Å². The number of aromatic nitrogens is 2. The van der Waals surface area contributed by atoms with Crippen molar-refractivity contribution in [1.29, 1.82) is 0 Å². The molecule has 1 saturated heterocycles. The Balaban J connectivity index is 1.34. The molecule has 3 heterocycles. The second-order valence-corrected chi connectivity index (χ2v) is 11.6. The van der Waals surface area contributed by atoms with Gasteiger partial charge in [-0.2, -0.15) is 5.10 Å². The summed E-state index contributed by atoms with van der Waals surface area (Å²) in [5.74, 6) is 0.918. The van der Waals surface area contributed by atoms with Gasteiger partial charge in [0.25, 0.3) is 0 Å². The molecule has 3 aromatic rings. The van der Waals surface area contributed by atoms with Gasteiger partial charge in [-0.05, 0) is 30.4 Å². The first-order chi connectivity index (χ1) is 16.3. The number of sulfone groups is 1. The Hall–Kier alpha value is -2.87. The Morgan fingerprint density at radius 1 is 1.18 bits per heavy atom. The Labute approximate surface area is 200 Å². The maximum atomic E-state index is 15.1. The SMILES string of the molecule is CCC1COc2cc(F)c(N3CC(CS(=O)(=O)c4cnn(C)c4)C3)cc2C1Cc1ccccc1. The first kappa shape index (κ1) is 22.9. The molecule has 0 amide bonds. The van der Waals surface area contributed by atoms with Crippen molar-refractivity contribution in [2.45, 2.75) is 30.6 Å². The number of rotatable bonds is 7. The Bertz CT molecular complexity index is 1270. The molecule has 2 unspecified atom stereocenters. The molecule has 0 radical (unpaired) electrons. The first-order valence-corrected chi connectivity index (χ1v) is 13.5. The highest BCUT2D eigenvalue weighted by Gasteiger charge is 2.36. The van der Waals surface area contributed by atoms with Crippen molar-refractivity contribution in [2.24, 2.45) is 18.9 Å². The van der Waals surface area contributed by atoms with E-state index in [1.54, 1.807) is 7.05 Å². The molecule has 2 aliphatic heterocycles. The molecule has 0 spiro atoms. The first-order valence-electron chi connectivity index (χ1n) is 11.8. The van der Waals surface area contributed by atoms with E-state index < -0.39 is 9.84 Å². The molecule has 0 bridgehead atoms. The lowest BCUT2D eigenvalue weighted by atomic mass is 9.78. The highest BCUT2D eigenvalue weighted by molar-refractivity contribution is 7.91. The molecule has 1 fully saturated rings. The monoisotopic (exact) mass is 483 g/mol. The molecule has 1 aromatic heterocycles. The summed E-state index contributed by atoms with van der Waals surface area (Å²) in [5, 5.41) is 3.96. The van der Waals surface area contributed by atoms with Gasteiger partial charge in [0.1, 0.15) is 16.5 Å². The maximum absolute atomic E-state index is 15.1. The summed E-state index contributed by atoms with van der Waals surface area (Å²) >= 11 is 0. The van der Waals surface area contributed by atoms with Gasteiger partial charge in [0.2, 0.25) is 0 Å². The number of benzene rings is 2. The molecule has 5 rings (SSSR count). The van der Waals surface area contributed by atoms with Crippen molar-refractivity contribution < 1.29 is 17.5 Å². The van der Waals surface area contributed by atoms with Gasteiger partial charge in [0, 0.05) is 49.8 Å². The van der Waals surface area contributed by atoms with Gasteiger partial charge in [-0.1, -0.05) is 37.3 Å². The summed E-state index contributed by atoms with van der Waals surface area (Å²) in [4.78, 5) is 2.17. The zero-order valence-electron chi connectivity index (χ0n) is 19.5. The lowest BCUT2D eigenvalue weighted by Crippen LogP contribution is -2.50. The van der Waals surface area contributed by atoms with Crippen molar-refractivity contribution in [2.75, 3.05) is 30.3 Å². The van der Waals surface area contributed by atoms with E-state index >= 15 is 4.39 Å². The predicted molar refractivity (Wildman–Crippen MR) is 130 cm³/mol. The third-order valence-electron chi connectivity index (χ3n) is 7.12. The fourth-order valence-corrected chi connectivity index (χ4v) is 6.71. The fourth-order valence-electron chi connectivity index (χ4n) is 5.17. The minimum atomic E-state index is -3.41. The van der Waals surface area contributed by atoms with Crippen LogP contribution in [0.15, 0.2) is 59.8 Å². The van der Waals surface area contributed by atoms with Gasteiger partial charge >= 0.3 is 0 Å². The van der Waals surface area contributed by atoms with Gasteiger partial charge in [-0.15, -0.1) is 0 Å². The summed E-state index contributed by atoms with van der Waals surface area (Å²) < 4.78 is 47.9. The standard InChI is InChI=1S/C26H30FN3O3S/c1-3-20-16-33-26-11-24(27)25(10-23(26)22(20)9-18-7-5-4-6-8-18)30-13-19(14-30)17-34(31,32)21-12-28-29(2)15-21/h4-8,10-12,15,19-20,22H,3,9,13-14,16-17H2,1-2H3. The minimum absolute atomic E-state index is 0.0411. The largest absolute Gasteiger partial charge is 0.493 e. The van der Waals surface area contributed by atoms with Crippen LogP contribution in [0.25, 0.3) is 0 Å². The van der Waals surface area contributed by atoms with E-state index in [0.717, 1.165) is 18.4 Å². The zero-order chi connectivity index (χ0) is 23.9. The van der Waals surface area contributed by atoms with Crippen molar-refractivity contribution >= 4 is 15.5 Å². The van der Waals surface area contributed by atoms with E-state index in [2.05, 4.69) is 24.2 Å². The lowest BCUT2D eigenvalue weighted by molar-refractivity contribution is 0.187. The van der Waals surface area contributed by atoms with E-state index in [9.17, 15) is 8.42 Å². The molecular weight excluding hydrogens is 453 g/mol. The number of hydrogen-bond acceptors (Lipinski definition) is 5. The quantitative estimate of drug-likeness (QED) is 0.504. The average molecular weight is 484 g/mol. The molecule has 0 aliphatic carbocycles. The molecule has 0 N–H and O–H groups in total. The third-order valence-corrected chi connectivity index (χ3v) is 8.96. The average Bonchev–Trinajstić information content (AvgIpc) is 3.24. The Kier molecular flexibility index (Phi) is 6.10. The van der Waals surface area contributed by atoms with Crippen LogP contribution in [0.1, 0.15) is 30.4 Å². The van der Waals surface area contributed by atoms with E-state index in [1.807, 2.05) is 29.2 Å². The molecule has 8 heteroatoms. The molecule has 2 atom stereocenters. The Morgan fingerprint density at radius 3 is 2.62 bits per heavy atom. The molecule has 34 heavy (non-hydrogen) atoms. The number of ether oxygens (including phenoxy) is 1. The van der Waals surface area contributed by atoms with Crippen LogP contribution in [0.5, 0.6) is 5.75 Å². The normalized spacial score (nSPS) is 20.5. The number of nitrogens with zero attached hydrogens (tertiary/aromatic N) is 3. The van der Waals surface area contributed by atoms with Crippen LogP contribution in [-0.2, 0) is 23.3 Å². The summed E-state index contributed by atoms with van der Waals surface area (Å²) in [6.07, 6.45) is 4.77. The molecular formula is C26H30FN3O3S. The van der Waals surface area contributed by atoms with Crippen molar-refractivity contribution in [3.05, 3.63) is 71.8 Å². The van der Waals surface area contributed by atoms with Crippen LogP contribution in [0.2, 0.25) is 0 Å². The summed E-state index contributed by atoms with van der Waals surface area (Å²) in [5.41, 5.74) is 2.84. The van der Waals surface area contributed by atoms with E-state index in [-0.39, 0.29) is 28.3 Å². The Morgan fingerprint density at radius 2 is 1.94 bits per heavy atom.